The van der Waals surface area contributed by atoms with Gasteiger partial charge in [0.1, 0.15) is 5.82 Å². The molecule has 0 nitrogen and oxygen atoms in total. The fourth-order valence-electron chi connectivity index (χ4n) is 2.30. The second-order valence-corrected chi connectivity index (χ2v) is 6.90. The van der Waals surface area contributed by atoms with Crippen molar-refractivity contribution in [2.45, 2.75) is 31.0 Å². The molecule has 0 spiro atoms. The van der Waals surface area contributed by atoms with E-state index in [1.165, 1.54) is 0 Å². The van der Waals surface area contributed by atoms with E-state index in [1.54, 1.807) is 0 Å². The number of hydrogen-bond acceptors (Lipinski definition) is 0. The molecule has 0 bridgehead atoms. The summed E-state index contributed by atoms with van der Waals surface area (Å²) in [4.78, 5) is -0.539. The lowest BCUT2D eigenvalue weighted by atomic mass is 9.82. The average Bonchev–Trinajstić information content (AvgIpc) is 2.41. The molecular formula is C17H16BrF3. The third-order valence-electron chi connectivity index (χ3n) is 3.35. The van der Waals surface area contributed by atoms with Gasteiger partial charge < -0.3 is 0 Å². The van der Waals surface area contributed by atoms with Gasteiger partial charge in [0.2, 0.25) is 0 Å². The lowest BCUT2D eigenvalue weighted by Crippen LogP contribution is -2.15. The molecule has 0 radical (unpaired) electrons. The van der Waals surface area contributed by atoms with E-state index >= 15 is 0 Å². The maximum atomic E-state index is 14.0. The highest BCUT2D eigenvalue weighted by Gasteiger charge is 2.24. The van der Waals surface area contributed by atoms with Crippen molar-refractivity contribution in [1.29, 1.82) is 0 Å². The summed E-state index contributed by atoms with van der Waals surface area (Å²) in [6, 6.07) is 9.06. The van der Waals surface area contributed by atoms with E-state index in [0.717, 1.165) is 17.2 Å². The highest BCUT2D eigenvalue weighted by molar-refractivity contribution is 9.09. The minimum Gasteiger partial charge on any atom is -0.207 e. The van der Waals surface area contributed by atoms with Crippen LogP contribution in [0, 0.1) is 17.5 Å². The standard InChI is InChI=1S/C17H16BrF3/c1-17(2,3)12-7-5-4-6-10(12)16(18)11-8-14(20)15(21)9-13(11)19/h4-9,16H,1-3H3. The van der Waals surface area contributed by atoms with Gasteiger partial charge in [-0.25, -0.2) is 13.2 Å². The zero-order valence-electron chi connectivity index (χ0n) is 12.1. The van der Waals surface area contributed by atoms with Crippen molar-refractivity contribution in [1.82, 2.24) is 0 Å². The van der Waals surface area contributed by atoms with Gasteiger partial charge in [0, 0.05) is 11.6 Å². The van der Waals surface area contributed by atoms with E-state index in [1.807, 2.05) is 45.0 Å². The average molecular weight is 357 g/mol. The predicted molar refractivity (Wildman–Crippen MR) is 82.2 cm³/mol. The number of hydrogen-bond donors (Lipinski definition) is 0. The van der Waals surface area contributed by atoms with Crippen LogP contribution in [-0.2, 0) is 5.41 Å². The molecule has 0 N–H and O–H groups in total. The Labute approximate surface area is 131 Å². The molecule has 1 unspecified atom stereocenters. The van der Waals surface area contributed by atoms with Crippen molar-refractivity contribution in [2.75, 3.05) is 0 Å². The minimum atomic E-state index is -1.18. The fourth-order valence-corrected chi connectivity index (χ4v) is 3.05. The van der Waals surface area contributed by atoms with E-state index in [9.17, 15) is 13.2 Å². The first-order valence-electron chi connectivity index (χ1n) is 6.59. The van der Waals surface area contributed by atoms with Gasteiger partial charge in [-0.3, -0.25) is 0 Å². The van der Waals surface area contributed by atoms with Crippen LogP contribution in [0.25, 0.3) is 0 Å². The lowest BCUT2D eigenvalue weighted by molar-refractivity contribution is 0.490. The summed E-state index contributed by atoms with van der Waals surface area (Å²) >= 11 is 3.42. The van der Waals surface area contributed by atoms with Gasteiger partial charge >= 0.3 is 0 Å². The van der Waals surface area contributed by atoms with Crippen LogP contribution in [0.3, 0.4) is 0 Å². The first kappa shape index (κ1) is 16.1. The van der Waals surface area contributed by atoms with Gasteiger partial charge in [0.05, 0.1) is 4.83 Å². The summed E-state index contributed by atoms with van der Waals surface area (Å²) < 4.78 is 40.4. The topological polar surface area (TPSA) is 0 Å². The molecule has 2 aromatic rings. The Morgan fingerprint density at radius 1 is 0.857 bits per heavy atom. The SMILES string of the molecule is CC(C)(C)c1ccccc1C(Br)c1cc(F)c(F)cc1F. The monoisotopic (exact) mass is 356 g/mol. The Bertz CT molecular complexity index is 660. The third kappa shape index (κ3) is 3.31. The summed E-state index contributed by atoms with van der Waals surface area (Å²) in [6.07, 6.45) is 0. The van der Waals surface area contributed by atoms with E-state index in [0.29, 0.717) is 6.07 Å². The van der Waals surface area contributed by atoms with Crippen LogP contribution >= 0.6 is 15.9 Å². The van der Waals surface area contributed by atoms with Gasteiger partial charge in [0.25, 0.3) is 0 Å². The molecule has 0 fully saturated rings. The van der Waals surface area contributed by atoms with Crippen LogP contribution in [0.2, 0.25) is 0 Å². The molecule has 2 aromatic carbocycles. The zero-order valence-corrected chi connectivity index (χ0v) is 13.6. The molecule has 2 rings (SSSR count). The van der Waals surface area contributed by atoms with Crippen LogP contribution in [0.5, 0.6) is 0 Å². The number of alkyl halides is 1. The van der Waals surface area contributed by atoms with E-state index in [4.69, 9.17) is 0 Å². The van der Waals surface area contributed by atoms with Crippen molar-refractivity contribution in [2.24, 2.45) is 0 Å². The van der Waals surface area contributed by atoms with Crippen molar-refractivity contribution >= 4 is 15.9 Å². The third-order valence-corrected chi connectivity index (χ3v) is 4.34. The molecule has 0 aliphatic rings. The number of rotatable bonds is 2. The smallest absolute Gasteiger partial charge is 0.161 e. The second kappa shape index (κ2) is 5.84. The van der Waals surface area contributed by atoms with Crippen LogP contribution in [0.4, 0.5) is 13.2 Å². The summed E-state index contributed by atoms with van der Waals surface area (Å²) in [5.74, 6) is -3.00. The maximum Gasteiger partial charge on any atom is 0.161 e. The number of halogens is 4. The normalized spacial score (nSPS) is 13.3. The Morgan fingerprint density at radius 3 is 2.05 bits per heavy atom. The molecule has 4 heteroatoms. The Hall–Kier alpha value is -1.29. The maximum absolute atomic E-state index is 14.0. The zero-order chi connectivity index (χ0) is 15.8. The molecular weight excluding hydrogens is 341 g/mol. The molecule has 112 valence electrons. The first-order valence-corrected chi connectivity index (χ1v) is 7.51. The van der Waals surface area contributed by atoms with Crippen molar-refractivity contribution in [3.05, 3.63) is 70.5 Å². The Balaban J connectivity index is 2.56. The van der Waals surface area contributed by atoms with Crippen LogP contribution < -0.4 is 0 Å². The van der Waals surface area contributed by atoms with Crippen LogP contribution in [0.1, 0.15) is 42.3 Å². The molecule has 0 amide bonds. The molecule has 0 saturated heterocycles. The fraction of sp³-hybridized carbons (Fsp3) is 0.294. The predicted octanol–water partition coefficient (Wildman–Crippen LogP) is 5.89. The van der Waals surface area contributed by atoms with Gasteiger partial charge in [-0.15, -0.1) is 0 Å². The van der Waals surface area contributed by atoms with Crippen molar-refractivity contribution in [3.63, 3.8) is 0 Å². The number of benzene rings is 2. The summed E-state index contributed by atoms with van der Waals surface area (Å²) in [7, 11) is 0. The molecule has 1 atom stereocenters. The lowest BCUT2D eigenvalue weighted by Gasteiger charge is -2.25. The quantitative estimate of drug-likeness (QED) is 0.465. The van der Waals surface area contributed by atoms with Crippen LogP contribution in [0.15, 0.2) is 36.4 Å². The minimum absolute atomic E-state index is 0.0885. The summed E-state index contributed by atoms with van der Waals surface area (Å²) in [6.45, 7) is 6.15. The highest BCUT2D eigenvalue weighted by atomic mass is 79.9. The van der Waals surface area contributed by atoms with Gasteiger partial charge in [0.15, 0.2) is 11.6 Å². The molecule has 0 aromatic heterocycles. The largest absolute Gasteiger partial charge is 0.207 e. The van der Waals surface area contributed by atoms with Gasteiger partial charge in [-0.05, 0) is 22.6 Å². The highest BCUT2D eigenvalue weighted by Crippen LogP contribution is 2.38. The summed E-state index contributed by atoms with van der Waals surface area (Å²) in [5.41, 5.74) is 1.81. The van der Waals surface area contributed by atoms with Crippen molar-refractivity contribution in [3.8, 4) is 0 Å². The van der Waals surface area contributed by atoms with E-state index < -0.39 is 22.3 Å². The molecule has 0 saturated carbocycles. The van der Waals surface area contributed by atoms with E-state index in [-0.39, 0.29) is 11.0 Å². The molecule has 0 heterocycles. The molecule has 21 heavy (non-hydrogen) atoms. The van der Waals surface area contributed by atoms with Crippen molar-refractivity contribution < 1.29 is 13.2 Å². The first-order chi connectivity index (χ1) is 9.71. The molecule has 0 aliphatic carbocycles. The second-order valence-electron chi connectivity index (χ2n) is 5.99. The van der Waals surface area contributed by atoms with Gasteiger partial charge in [-0.1, -0.05) is 61.0 Å². The van der Waals surface area contributed by atoms with E-state index in [2.05, 4.69) is 15.9 Å². The summed E-state index contributed by atoms with van der Waals surface area (Å²) in [5, 5.41) is 0. The Morgan fingerprint density at radius 2 is 1.43 bits per heavy atom. The Kier molecular flexibility index (Phi) is 4.47. The van der Waals surface area contributed by atoms with Gasteiger partial charge in [-0.2, -0.15) is 0 Å². The molecule has 0 aliphatic heterocycles. The van der Waals surface area contributed by atoms with Crippen LogP contribution in [-0.4, -0.2) is 0 Å².